The lowest BCUT2D eigenvalue weighted by Crippen LogP contribution is -2.39. The highest BCUT2D eigenvalue weighted by atomic mass is 16.4. The first-order chi connectivity index (χ1) is 20.8. The maximum Gasteiger partial charge on any atom is 0.235 e. The second-order valence-electron chi connectivity index (χ2n) is 13.2. The molecule has 0 saturated heterocycles. The molecule has 0 radical (unpaired) electrons. The number of anilines is 1. The number of unbranched alkanes of at least 4 members (excludes halogenated alkanes) is 11. The van der Waals surface area contributed by atoms with Gasteiger partial charge >= 0.3 is 0 Å². The van der Waals surface area contributed by atoms with E-state index >= 15 is 0 Å². The summed E-state index contributed by atoms with van der Waals surface area (Å²) in [5.74, 6) is -0.0760. The third kappa shape index (κ3) is 11.0. The number of hydrogen-bond acceptors (Lipinski definition) is 4. The van der Waals surface area contributed by atoms with Crippen molar-refractivity contribution in [2.75, 3.05) is 38.6 Å². The Labute approximate surface area is 261 Å². The molecule has 0 unspecified atom stereocenters. The molecule has 0 atom stereocenters. The molecule has 3 rings (SSSR count). The van der Waals surface area contributed by atoms with Crippen LogP contribution in [0.4, 0.5) is 5.69 Å². The fraction of sp³-hybridized carbons (Fsp3) is 0.605. The molecule has 0 aliphatic carbocycles. The third-order valence-electron chi connectivity index (χ3n) is 8.72. The minimum absolute atomic E-state index is 0.238. The summed E-state index contributed by atoms with van der Waals surface area (Å²) >= 11 is 0. The second-order valence-corrected chi connectivity index (χ2v) is 13.2. The highest BCUT2D eigenvalue weighted by Gasteiger charge is 2.19. The molecule has 238 valence electrons. The molecule has 1 heterocycles. The number of quaternary nitrogens is 1. The van der Waals surface area contributed by atoms with Crippen LogP contribution in [0.15, 0.2) is 51.7 Å². The Bertz CT molecular complexity index is 1270. The van der Waals surface area contributed by atoms with Crippen LogP contribution in [0.25, 0.3) is 22.3 Å². The molecule has 3 aromatic rings. The van der Waals surface area contributed by atoms with Gasteiger partial charge in [0.1, 0.15) is 12.1 Å². The molecule has 0 spiro atoms. The Morgan fingerprint density at radius 3 is 1.86 bits per heavy atom. The number of nitrogens with zero attached hydrogens (tertiary/aromatic N) is 2. The molecule has 0 amide bonds. The molecule has 0 fully saturated rings. The summed E-state index contributed by atoms with van der Waals surface area (Å²) in [6, 6.07) is 13.9. The molecule has 5 nitrogen and oxygen atoms in total. The molecule has 1 aromatic heterocycles. The minimum Gasteiger partial charge on any atom is -0.502 e. The zero-order valence-corrected chi connectivity index (χ0v) is 27.9. The normalized spacial score (nSPS) is 11.8. The van der Waals surface area contributed by atoms with Crippen LogP contribution in [0.3, 0.4) is 0 Å². The van der Waals surface area contributed by atoms with Gasteiger partial charge in [0, 0.05) is 29.9 Å². The van der Waals surface area contributed by atoms with Crippen LogP contribution in [-0.4, -0.2) is 43.3 Å². The molecule has 0 bridgehead atoms. The summed E-state index contributed by atoms with van der Waals surface area (Å²) in [5, 5.41) is 11.4. The van der Waals surface area contributed by atoms with Crippen molar-refractivity contribution in [1.29, 1.82) is 0 Å². The number of rotatable bonds is 21. The van der Waals surface area contributed by atoms with Crippen LogP contribution < -0.4 is 10.3 Å². The van der Waals surface area contributed by atoms with Crippen LogP contribution in [0.2, 0.25) is 0 Å². The predicted octanol–water partition coefficient (Wildman–Crippen LogP) is 10.1. The van der Waals surface area contributed by atoms with E-state index < -0.39 is 0 Å². The maximum atomic E-state index is 13.3. The largest absolute Gasteiger partial charge is 0.502 e. The van der Waals surface area contributed by atoms with Crippen molar-refractivity contribution in [2.45, 2.75) is 117 Å². The summed E-state index contributed by atoms with van der Waals surface area (Å²) in [6.07, 6.45) is 18.1. The Hall–Kier alpha value is -2.79. The van der Waals surface area contributed by atoms with Gasteiger partial charge in [0.15, 0.2) is 5.76 Å². The Kier molecular flexibility index (Phi) is 14.6. The lowest BCUT2D eigenvalue weighted by molar-refractivity contribution is -0.903. The van der Waals surface area contributed by atoms with E-state index in [0.29, 0.717) is 16.5 Å². The first kappa shape index (κ1) is 34.7. The van der Waals surface area contributed by atoms with Gasteiger partial charge in [-0.15, -0.1) is 0 Å². The molecule has 2 aromatic carbocycles. The van der Waals surface area contributed by atoms with Gasteiger partial charge in [-0.2, -0.15) is 0 Å². The first-order valence-electron chi connectivity index (χ1n) is 17.3. The van der Waals surface area contributed by atoms with Crippen LogP contribution in [0, 0.1) is 0 Å². The highest BCUT2D eigenvalue weighted by molar-refractivity contribution is 5.82. The molecule has 5 heteroatoms. The molecule has 0 aliphatic rings. The summed E-state index contributed by atoms with van der Waals surface area (Å²) in [5.41, 5.74) is 3.11. The Morgan fingerprint density at radius 1 is 0.721 bits per heavy atom. The lowest BCUT2D eigenvalue weighted by atomic mass is 10.1. The lowest BCUT2D eigenvalue weighted by Gasteiger charge is -2.30. The van der Waals surface area contributed by atoms with Gasteiger partial charge in [0.2, 0.25) is 11.2 Å². The van der Waals surface area contributed by atoms with Crippen molar-refractivity contribution >= 4 is 16.7 Å². The van der Waals surface area contributed by atoms with Crippen LogP contribution >= 0.6 is 0 Å². The fourth-order valence-corrected chi connectivity index (χ4v) is 6.02. The van der Waals surface area contributed by atoms with E-state index in [0.717, 1.165) is 67.6 Å². The quantitative estimate of drug-likeness (QED) is 0.0989. The molecule has 0 aliphatic heterocycles. The fourth-order valence-electron chi connectivity index (χ4n) is 6.02. The van der Waals surface area contributed by atoms with Crippen LogP contribution in [-0.2, 0) is 6.54 Å². The van der Waals surface area contributed by atoms with E-state index in [9.17, 15) is 9.90 Å². The Balaban J connectivity index is 1.62. The molecule has 0 saturated carbocycles. The topological polar surface area (TPSA) is 53.7 Å². The molecule has 43 heavy (non-hydrogen) atoms. The third-order valence-corrected chi connectivity index (χ3v) is 8.72. The van der Waals surface area contributed by atoms with Gasteiger partial charge in [0.05, 0.1) is 26.0 Å². The standard InChI is InChI=1S/C38H58N2O3/c1-6-9-12-13-14-15-16-17-18-19-28-40(4,5)30-31-20-25-35-34(29-31)36(41)37(42)38(43-35)32-21-23-33(24-22-32)39(26-10-7-2)27-11-8-3/h20-25,29H,6-19,26-28,30H2,1-5H3/p+1. The highest BCUT2D eigenvalue weighted by Crippen LogP contribution is 2.32. The monoisotopic (exact) mass is 591 g/mol. The van der Waals surface area contributed by atoms with Gasteiger partial charge in [0.25, 0.3) is 0 Å². The van der Waals surface area contributed by atoms with Gasteiger partial charge < -0.3 is 18.9 Å². The number of fused-ring (bicyclic) bond motifs is 1. The second kappa shape index (κ2) is 18.1. The summed E-state index contributed by atoms with van der Waals surface area (Å²) in [4.78, 5) is 15.7. The smallest absolute Gasteiger partial charge is 0.235 e. The van der Waals surface area contributed by atoms with Crippen molar-refractivity contribution in [1.82, 2.24) is 0 Å². The van der Waals surface area contributed by atoms with Crippen molar-refractivity contribution in [3.05, 3.63) is 58.3 Å². The van der Waals surface area contributed by atoms with E-state index in [4.69, 9.17) is 4.42 Å². The number of aromatic hydroxyl groups is 1. The van der Waals surface area contributed by atoms with Crippen molar-refractivity contribution in [2.24, 2.45) is 0 Å². The van der Waals surface area contributed by atoms with Crippen LogP contribution in [0.5, 0.6) is 5.75 Å². The predicted molar refractivity (Wildman–Crippen MR) is 184 cm³/mol. The average molecular weight is 592 g/mol. The maximum absolute atomic E-state index is 13.3. The van der Waals surface area contributed by atoms with Gasteiger partial charge in [-0.05, 0) is 68.1 Å². The molecule has 1 N–H and O–H groups in total. The van der Waals surface area contributed by atoms with E-state index in [-0.39, 0.29) is 16.9 Å². The minimum atomic E-state index is -0.366. The summed E-state index contributed by atoms with van der Waals surface area (Å²) < 4.78 is 7.02. The van der Waals surface area contributed by atoms with Gasteiger partial charge in [-0.1, -0.05) is 85.0 Å². The van der Waals surface area contributed by atoms with E-state index in [1.54, 1.807) is 0 Å². The van der Waals surface area contributed by atoms with Gasteiger partial charge in [-0.3, -0.25) is 4.79 Å². The SMILES string of the molecule is CCCCCCCCCCCC[N+](C)(C)Cc1ccc2oc(-c3ccc(N(CCCC)CCCC)cc3)c(O)c(=O)c2c1. The van der Waals surface area contributed by atoms with E-state index in [1.165, 1.54) is 64.2 Å². The van der Waals surface area contributed by atoms with Crippen molar-refractivity contribution < 1.29 is 14.0 Å². The first-order valence-corrected chi connectivity index (χ1v) is 17.3. The molecular formula is C38H59N2O3+. The Morgan fingerprint density at radius 2 is 1.28 bits per heavy atom. The van der Waals surface area contributed by atoms with Crippen molar-refractivity contribution in [3.63, 3.8) is 0 Å². The zero-order valence-electron chi connectivity index (χ0n) is 27.9. The zero-order chi connectivity index (χ0) is 31.1. The van der Waals surface area contributed by atoms with E-state index in [2.05, 4.69) is 58.0 Å². The molecular weight excluding hydrogens is 532 g/mol. The van der Waals surface area contributed by atoms with Crippen molar-refractivity contribution in [3.8, 4) is 17.1 Å². The number of hydrogen-bond donors (Lipinski definition) is 1. The van der Waals surface area contributed by atoms with Crippen LogP contribution in [0.1, 0.15) is 116 Å². The summed E-state index contributed by atoms with van der Waals surface area (Å²) in [6.45, 7) is 10.7. The number of benzene rings is 2. The van der Waals surface area contributed by atoms with Gasteiger partial charge in [-0.25, -0.2) is 0 Å². The summed E-state index contributed by atoms with van der Waals surface area (Å²) in [7, 11) is 4.52. The average Bonchev–Trinajstić information content (AvgIpc) is 3.00. The van der Waals surface area contributed by atoms with E-state index in [1.807, 2.05) is 24.3 Å².